The molecule has 0 aliphatic heterocycles. The van der Waals surface area contributed by atoms with Crippen molar-refractivity contribution in [3.05, 3.63) is 65.7 Å². The van der Waals surface area contributed by atoms with Gasteiger partial charge in [0.2, 0.25) is 10.0 Å². The number of methoxy groups -OCH3 is 1. The molecule has 0 saturated carbocycles. The lowest BCUT2D eigenvalue weighted by Crippen LogP contribution is -2.29. The molecule has 0 spiro atoms. The Balaban J connectivity index is 2.04. The van der Waals surface area contributed by atoms with Crippen molar-refractivity contribution < 1.29 is 32.6 Å². The molecule has 0 saturated heterocycles. The molecule has 8 nitrogen and oxygen atoms in total. The largest absolute Gasteiger partial charge is 0.491 e. The molecule has 0 unspecified atom stereocenters. The first-order valence-electron chi connectivity index (χ1n) is 8.57. The van der Waals surface area contributed by atoms with Gasteiger partial charge < -0.3 is 14.6 Å². The van der Waals surface area contributed by atoms with E-state index in [9.17, 15) is 18.0 Å². The number of carbonyl (C=O) groups excluding carboxylic acids is 1. The molecule has 29 heavy (non-hydrogen) atoms. The summed E-state index contributed by atoms with van der Waals surface area (Å²) in [5.41, 5.74) is 1.07. The van der Waals surface area contributed by atoms with E-state index < -0.39 is 22.5 Å². The summed E-state index contributed by atoms with van der Waals surface area (Å²) in [6, 6.07) is 12.4. The number of sulfonamides is 1. The van der Waals surface area contributed by atoms with Gasteiger partial charge in [-0.1, -0.05) is 18.2 Å². The minimum atomic E-state index is -3.95. The van der Waals surface area contributed by atoms with Gasteiger partial charge in [-0.25, -0.2) is 8.42 Å². The molecule has 2 N–H and O–H groups in total. The van der Waals surface area contributed by atoms with E-state index in [1.807, 2.05) is 10.8 Å². The van der Waals surface area contributed by atoms with Crippen LogP contribution in [0.25, 0.3) is 6.08 Å². The molecule has 2 rings (SSSR count). The summed E-state index contributed by atoms with van der Waals surface area (Å²) in [6.45, 7) is 0.162. The van der Waals surface area contributed by atoms with E-state index in [0.29, 0.717) is 24.5 Å². The van der Waals surface area contributed by atoms with Gasteiger partial charge in [-0.2, -0.15) is 4.72 Å². The molecule has 154 valence electrons. The summed E-state index contributed by atoms with van der Waals surface area (Å²) >= 11 is 0. The molecule has 0 fully saturated rings. The summed E-state index contributed by atoms with van der Waals surface area (Å²) in [6.07, 6.45) is 3.00. The van der Waals surface area contributed by atoms with Gasteiger partial charge in [-0.05, 0) is 48.0 Å². The standard InChI is InChI=1S/C20H21NO7S/c1-27-11-12-28-17-4-2-3-15(13-17)5-10-19(22)16-6-8-18(9-7-16)29(25,26)21-14-20(23)24/h2-10,13,21H,11-12,14H2,1H3,(H,23,24)/b10-5+. The van der Waals surface area contributed by atoms with Gasteiger partial charge >= 0.3 is 5.97 Å². The number of carboxylic acids is 1. The average Bonchev–Trinajstić information content (AvgIpc) is 2.71. The number of hydrogen-bond donors (Lipinski definition) is 2. The van der Waals surface area contributed by atoms with E-state index >= 15 is 0 Å². The highest BCUT2D eigenvalue weighted by atomic mass is 32.2. The van der Waals surface area contributed by atoms with Crippen molar-refractivity contribution in [1.29, 1.82) is 0 Å². The molecule has 2 aromatic carbocycles. The summed E-state index contributed by atoms with van der Waals surface area (Å²) in [7, 11) is -2.36. The Morgan fingerprint density at radius 1 is 1.10 bits per heavy atom. The van der Waals surface area contributed by atoms with Crippen LogP contribution in [0.3, 0.4) is 0 Å². The molecule has 0 aromatic heterocycles. The Hall–Kier alpha value is -3.01. The van der Waals surface area contributed by atoms with Crippen molar-refractivity contribution in [2.24, 2.45) is 0 Å². The lowest BCUT2D eigenvalue weighted by Gasteiger charge is -2.06. The predicted molar refractivity (Wildman–Crippen MR) is 106 cm³/mol. The van der Waals surface area contributed by atoms with Crippen LogP contribution in [-0.4, -0.2) is 52.1 Å². The van der Waals surface area contributed by atoms with Crippen LogP contribution < -0.4 is 9.46 Å². The van der Waals surface area contributed by atoms with Gasteiger partial charge in [-0.3, -0.25) is 9.59 Å². The molecule has 9 heteroatoms. The maximum absolute atomic E-state index is 12.3. The second kappa shape index (κ2) is 10.5. The zero-order valence-corrected chi connectivity index (χ0v) is 16.5. The lowest BCUT2D eigenvalue weighted by atomic mass is 10.1. The second-order valence-corrected chi connectivity index (χ2v) is 7.62. The van der Waals surface area contributed by atoms with Gasteiger partial charge in [0.25, 0.3) is 0 Å². The Morgan fingerprint density at radius 3 is 2.48 bits per heavy atom. The highest BCUT2D eigenvalue weighted by Crippen LogP contribution is 2.16. The normalized spacial score (nSPS) is 11.5. The number of aliphatic carboxylic acids is 1. The van der Waals surface area contributed by atoms with Crippen LogP contribution in [0.1, 0.15) is 15.9 Å². The van der Waals surface area contributed by atoms with E-state index in [0.717, 1.165) is 5.56 Å². The van der Waals surface area contributed by atoms with E-state index in [1.165, 1.54) is 30.3 Å². The van der Waals surface area contributed by atoms with Crippen LogP contribution >= 0.6 is 0 Å². The minimum Gasteiger partial charge on any atom is -0.491 e. The number of carbonyl (C=O) groups is 2. The SMILES string of the molecule is COCCOc1cccc(/C=C/C(=O)c2ccc(S(=O)(=O)NCC(=O)O)cc2)c1. The minimum absolute atomic E-state index is 0.125. The molecular formula is C20H21NO7S. The Kier molecular flexibility index (Phi) is 8.08. The smallest absolute Gasteiger partial charge is 0.318 e. The molecule has 0 heterocycles. The third-order valence-corrected chi connectivity index (χ3v) is 5.12. The first-order chi connectivity index (χ1) is 13.8. The van der Waals surface area contributed by atoms with Crippen molar-refractivity contribution in [3.63, 3.8) is 0 Å². The monoisotopic (exact) mass is 419 g/mol. The van der Waals surface area contributed by atoms with Crippen molar-refractivity contribution in [1.82, 2.24) is 4.72 Å². The second-order valence-electron chi connectivity index (χ2n) is 5.85. The average molecular weight is 419 g/mol. The quantitative estimate of drug-likeness (QED) is 0.325. The van der Waals surface area contributed by atoms with E-state index in [1.54, 1.807) is 31.4 Å². The molecule has 0 aliphatic rings. The lowest BCUT2D eigenvalue weighted by molar-refractivity contribution is -0.135. The van der Waals surface area contributed by atoms with E-state index in [2.05, 4.69) is 0 Å². The van der Waals surface area contributed by atoms with Gasteiger partial charge in [0.1, 0.15) is 18.9 Å². The van der Waals surface area contributed by atoms with Gasteiger partial charge in [0.05, 0.1) is 11.5 Å². The zero-order chi connectivity index (χ0) is 21.3. The van der Waals surface area contributed by atoms with Gasteiger partial charge in [0, 0.05) is 12.7 Å². The number of ether oxygens (including phenoxy) is 2. The summed E-state index contributed by atoms with van der Waals surface area (Å²) in [5.74, 6) is -0.947. The van der Waals surface area contributed by atoms with Crippen LogP contribution in [0.5, 0.6) is 5.75 Å². The summed E-state index contributed by atoms with van der Waals surface area (Å²) in [4.78, 5) is 22.7. The molecule has 0 radical (unpaired) electrons. The molecule has 0 amide bonds. The van der Waals surface area contributed by atoms with E-state index in [-0.39, 0.29) is 10.7 Å². The first kappa shape index (κ1) is 22.3. The number of benzene rings is 2. The predicted octanol–water partition coefficient (Wildman–Crippen LogP) is 1.97. The maximum Gasteiger partial charge on any atom is 0.318 e. The Bertz CT molecular complexity index is 982. The van der Waals surface area contributed by atoms with Crippen molar-refractivity contribution in [3.8, 4) is 5.75 Å². The Labute approximate surface area is 168 Å². The maximum atomic E-state index is 12.3. The Morgan fingerprint density at radius 2 is 1.83 bits per heavy atom. The number of rotatable bonds is 11. The summed E-state index contributed by atoms with van der Waals surface area (Å²) in [5, 5.41) is 8.57. The van der Waals surface area contributed by atoms with Crippen molar-refractivity contribution in [2.75, 3.05) is 26.9 Å². The van der Waals surface area contributed by atoms with Crippen LogP contribution in [0, 0.1) is 0 Å². The number of carboxylic acid groups (broad SMARTS) is 1. The molecular weight excluding hydrogens is 398 g/mol. The van der Waals surface area contributed by atoms with Crippen molar-refractivity contribution >= 4 is 27.9 Å². The van der Waals surface area contributed by atoms with Crippen LogP contribution in [-0.2, 0) is 19.6 Å². The topological polar surface area (TPSA) is 119 Å². The van der Waals surface area contributed by atoms with Crippen LogP contribution in [0.2, 0.25) is 0 Å². The highest BCUT2D eigenvalue weighted by molar-refractivity contribution is 7.89. The first-order valence-corrected chi connectivity index (χ1v) is 10.1. The highest BCUT2D eigenvalue weighted by Gasteiger charge is 2.15. The van der Waals surface area contributed by atoms with Gasteiger partial charge in [-0.15, -0.1) is 0 Å². The third-order valence-electron chi connectivity index (χ3n) is 3.70. The van der Waals surface area contributed by atoms with E-state index in [4.69, 9.17) is 14.6 Å². The summed E-state index contributed by atoms with van der Waals surface area (Å²) < 4.78 is 36.3. The van der Waals surface area contributed by atoms with Gasteiger partial charge in [0.15, 0.2) is 5.78 Å². The zero-order valence-electron chi connectivity index (χ0n) is 15.7. The number of nitrogens with one attached hydrogen (secondary N) is 1. The number of allylic oxidation sites excluding steroid dienone is 1. The molecule has 0 aliphatic carbocycles. The molecule has 2 aromatic rings. The van der Waals surface area contributed by atoms with Crippen LogP contribution in [0.15, 0.2) is 59.5 Å². The number of hydrogen-bond acceptors (Lipinski definition) is 6. The fourth-order valence-corrected chi connectivity index (χ4v) is 3.23. The fraction of sp³-hybridized carbons (Fsp3) is 0.200. The molecule has 0 bridgehead atoms. The van der Waals surface area contributed by atoms with Crippen LogP contribution in [0.4, 0.5) is 0 Å². The molecule has 0 atom stereocenters. The van der Waals surface area contributed by atoms with Crippen molar-refractivity contribution in [2.45, 2.75) is 4.90 Å². The third kappa shape index (κ3) is 7.15. The fourth-order valence-electron chi connectivity index (χ4n) is 2.26. The number of ketones is 1.